The van der Waals surface area contributed by atoms with E-state index < -0.39 is 0 Å². The molecule has 8 aromatic rings. The summed E-state index contributed by atoms with van der Waals surface area (Å²) in [5, 5.41) is 10.7. The van der Waals surface area contributed by atoms with E-state index in [-0.39, 0.29) is 12.1 Å². The minimum Gasteiger partial charge on any atom is -0.240 e. The van der Waals surface area contributed by atoms with Crippen LogP contribution in [0.15, 0.2) is 73.1 Å². The molecule has 0 aliphatic carbocycles. The molecule has 0 N–H and O–H groups in total. The third-order valence-electron chi connectivity index (χ3n) is 12.6. The number of fused-ring (bicyclic) bond motifs is 6. The molecule has 2 atom stereocenters. The standard InChI is InChI=1S/C52H56N4/c1-27(2)19-33-11-15-37-39-17-13-35(21-29(5)6)43-45(39)49-47(41(37)23-33)53-31(9)25-55(49)51(43)52-44-36(22-30(7)8)14-18-40-38-16-12-34(20-28(3)4)24-42(38)48-50(46(40)44)56(52)26-32(10)54-48/h11-18,23-30,51-52H,19-22H2,1-10H3/q+2. The van der Waals surface area contributed by atoms with E-state index in [1.165, 1.54) is 87.5 Å². The predicted octanol–water partition coefficient (Wildman–Crippen LogP) is 11.9. The molecule has 4 nitrogen and oxygen atoms in total. The van der Waals surface area contributed by atoms with Crippen molar-refractivity contribution in [3.8, 4) is 0 Å². The van der Waals surface area contributed by atoms with Crippen LogP contribution in [0.1, 0.15) is 112 Å². The summed E-state index contributed by atoms with van der Waals surface area (Å²) in [7, 11) is 0. The molecule has 0 radical (unpaired) electrons. The molecule has 0 saturated carbocycles. The van der Waals surface area contributed by atoms with Gasteiger partial charge in [-0.05, 0) is 119 Å². The quantitative estimate of drug-likeness (QED) is 0.109. The lowest BCUT2D eigenvalue weighted by Crippen LogP contribution is -2.52. The number of benzene rings is 6. The van der Waals surface area contributed by atoms with Gasteiger partial charge < -0.3 is 0 Å². The number of aromatic nitrogens is 4. The van der Waals surface area contributed by atoms with Crippen LogP contribution in [0.5, 0.6) is 0 Å². The monoisotopic (exact) mass is 736 g/mol. The Balaban J connectivity index is 1.35. The Labute approximate surface area is 331 Å². The molecule has 56 heavy (non-hydrogen) atoms. The van der Waals surface area contributed by atoms with Crippen LogP contribution < -0.4 is 9.13 Å². The summed E-state index contributed by atoms with van der Waals surface area (Å²) in [5.74, 6) is 2.24. The number of hydrogen-bond acceptors (Lipinski definition) is 2. The van der Waals surface area contributed by atoms with E-state index in [0.29, 0.717) is 23.7 Å². The summed E-state index contributed by atoms with van der Waals surface area (Å²) < 4.78 is 5.36. The highest BCUT2D eigenvalue weighted by molar-refractivity contribution is 6.25. The van der Waals surface area contributed by atoms with Crippen molar-refractivity contribution < 1.29 is 9.13 Å². The van der Waals surface area contributed by atoms with Crippen molar-refractivity contribution in [3.05, 3.63) is 118 Å². The zero-order chi connectivity index (χ0) is 38.9. The zero-order valence-corrected chi connectivity index (χ0v) is 35.0. The molecule has 2 aliphatic rings. The summed E-state index contributed by atoms with van der Waals surface area (Å²) in [5.41, 5.74) is 15.7. The van der Waals surface area contributed by atoms with Gasteiger partial charge in [-0.25, -0.2) is 9.97 Å². The molecule has 282 valence electrons. The van der Waals surface area contributed by atoms with Gasteiger partial charge in [0.1, 0.15) is 22.4 Å². The third-order valence-corrected chi connectivity index (χ3v) is 12.6. The predicted molar refractivity (Wildman–Crippen MR) is 234 cm³/mol. The van der Waals surface area contributed by atoms with E-state index in [9.17, 15) is 0 Å². The van der Waals surface area contributed by atoms with Gasteiger partial charge in [-0.2, -0.15) is 9.13 Å². The molecule has 2 aromatic heterocycles. The van der Waals surface area contributed by atoms with Crippen LogP contribution in [-0.2, 0) is 25.7 Å². The summed E-state index contributed by atoms with van der Waals surface area (Å²) in [6.45, 7) is 23.1. The first-order valence-electron chi connectivity index (χ1n) is 21.3. The average molecular weight is 737 g/mol. The molecular weight excluding hydrogens is 681 g/mol. The van der Waals surface area contributed by atoms with Gasteiger partial charge in [-0.1, -0.05) is 104 Å². The Morgan fingerprint density at radius 1 is 0.464 bits per heavy atom. The zero-order valence-electron chi connectivity index (χ0n) is 35.0. The molecule has 0 bridgehead atoms. The molecule has 10 rings (SSSR count). The Morgan fingerprint density at radius 3 is 1.21 bits per heavy atom. The van der Waals surface area contributed by atoms with E-state index in [4.69, 9.17) is 9.97 Å². The van der Waals surface area contributed by atoms with Gasteiger partial charge in [-0.3, -0.25) is 0 Å². The lowest BCUT2D eigenvalue weighted by molar-refractivity contribution is -0.776. The average Bonchev–Trinajstić information content (AvgIpc) is 3.64. The summed E-state index contributed by atoms with van der Waals surface area (Å²) in [6.07, 6.45) is 8.95. The van der Waals surface area contributed by atoms with Crippen molar-refractivity contribution in [3.63, 3.8) is 0 Å². The van der Waals surface area contributed by atoms with E-state index in [1.807, 2.05) is 0 Å². The maximum Gasteiger partial charge on any atom is 0.250 e. The van der Waals surface area contributed by atoms with Crippen LogP contribution in [-0.4, -0.2) is 9.97 Å². The van der Waals surface area contributed by atoms with Gasteiger partial charge in [0.25, 0.3) is 12.1 Å². The number of nitrogens with zero attached hydrogens (tertiary/aromatic N) is 4. The summed E-state index contributed by atoms with van der Waals surface area (Å²) >= 11 is 0. The molecular formula is C52H56N4+2. The minimum atomic E-state index is 0.0529. The van der Waals surface area contributed by atoms with Crippen molar-refractivity contribution in [1.82, 2.24) is 9.97 Å². The van der Waals surface area contributed by atoms with Gasteiger partial charge in [0.15, 0.2) is 12.4 Å². The highest BCUT2D eigenvalue weighted by Gasteiger charge is 2.53. The molecule has 2 unspecified atom stereocenters. The van der Waals surface area contributed by atoms with Crippen molar-refractivity contribution in [2.45, 2.75) is 107 Å². The normalized spacial score (nSPS) is 16.2. The second-order valence-corrected chi connectivity index (χ2v) is 19.1. The van der Waals surface area contributed by atoms with Crippen molar-refractivity contribution >= 4 is 65.2 Å². The molecule has 0 fully saturated rings. The lowest BCUT2D eigenvalue weighted by atomic mass is 9.82. The van der Waals surface area contributed by atoms with Crippen LogP contribution in [0.3, 0.4) is 0 Å². The van der Waals surface area contributed by atoms with Gasteiger partial charge in [0, 0.05) is 21.9 Å². The van der Waals surface area contributed by atoms with Gasteiger partial charge in [-0.15, -0.1) is 0 Å². The Bertz CT molecular complexity index is 2760. The van der Waals surface area contributed by atoms with Crippen LogP contribution >= 0.6 is 0 Å². The van der Waals surface area contributed by atoms with Crippen LogP contribution in [0, 0.1) is 37.5 Å². The van der Waals surface area contributed by atoms with E-state index in [2.05, 4.69) is 151 Å². The maximum atomic E-state index is 5.44. The van der Waals surface area contributed by atoms with Crippen molar-refractivity contribution in [2.24, 2.45) is 23.7 Å². The molecule has 0 spiro atoms. The largest absolute Gasteiger partial charge is 0.250 e. The number of aryl methyl sites for hydroxylation is 2. The molecule has 4 heterocycles. The molecule has 0 amide bonds. The second kappa shape index (κ2) is 12.8. The van der Waals surface area contributed by atoms with E-state index in [0.717, 1.165) is 48.1 Å². The van der Waals surface area contributed by atoms with Crippen LogP contribution in [0.25, 0.3) is 65.2 Å². The second-order valence-electron chi connectivity index (χ2n) is 19.1. The van der Waals surface area contributed by atoms with Crippen molar-refractivity contribution in [1.29, 1.82) is 0 Å². The highest BCUT2D eigenvalue weighted by atomic mass is 15.1. The van der Waals surface area contributed by atoms with Gasteiger partial charge in [0.05, 0.1) is 10.8 Å². The Kier molecular flexibility index (Phi) is 8.09. The number of rotatable bonds is 9. The smallest absolute Gasteiger partial charge is 0.240 e. The van der Waals surface area contributed by atoms with Gasteiger partial charge in [0.2, 0.25) is 11.0 Å². The fraction of sp³-hybridized carbons (Fsp3) is 0.385. The van der Waals surface area contributed by atoms with Crippen molar-refractivity contribution in [2.75, 3.05) is 0 Å². The molecule has 0 saturated heterocycles. The van der Waals surface area contributed by atoms with Crippen LogP contribution in [0.2, 0.25) is 0 Å². The molecule has 6 aromatic carbocycles. The van der Waals surface area contributed by atoms with E-state index in [1.54, 1.807) is 0 Å². The first-order chi connectivity index (χ1) is 26.9. The maximum absolute atomic E-state index is 5.44. The lowest BCUT2D eigenvalue weighted by Gasteiger charge is -2.20. The third kappa shape index (κ3) is 5.23. The highest BCUT2D eigenvalue weighted by Crippen LogP contribution is 2.51. The minimum absolute atomic E-state index is 0.0529. The van der Waals surface area contributed by atoms with Gasteiger partial charge >= 0.3 is 0 Å². The Hall–Kier alpha value is -4.96. The summed E-state index contributed by atoms with van der Waals surface area (Å²) in [6, 6.07) is 24.4. The first kappa shape index (κ1) is 35.5. The topological polar surface area (TPSA) is 33.5 Å². The van der Waals surface area contributed by atoms with Crippen LogP contribution in [0.4, 0.5) is 0 Å². The fourth-order valence-electron chi connectivity index (χ4n) is 10.9. The molecule has 2 aliphatic heterocycles. The molecule has 4 heteroatoms. The van der Waals surface area contributed by atoms with E-state index >= 15 is 0 Å². The summed E-state index contributed by atoms with van der Waals surface area (Å²) in [4.78, 5) is 10.9. The fourth-order valence-corrected chi connectivity index (χ4v) is 10.9. The SMILES string of the molecule is Cc1c[n+]2c3c(n1)c1cc(CC(C)C)ccc1c1ccc(CC(C)C)c(c13)C2C1c2c(CC(C)C)ccc3c4ccc(CC(C)C)cc4c4nc(C)c[n+]1c4c23. The number of hydrogen-bond donors (Lipinski definition) is 0. The first-order valence-corrected chi connectivity index (χ1v) is 21.3. The Morgan fingerprint density at radius 2 is 0.839 bits per heavy atom.